The zero-order chi connectivity index (χ0) is 16.9. The first-order valence-corrected chi connectivity index (χ1v) is 9.56. The molecule has 0 bridgehead atoms. The number of aromatic nitrogens is 2. The van der Waals surface area contributed by atoms with Crippen LogP contribution >= 0.6 is 51.2 Å². The topological polar surface area (TPSA) is 54.7 Å². The van der Waals surface area contributed by atoms with Crippen LogP contribution < -0.4 is 5.32 Å². The molecule has 3 rings (SSSR count). The minimum absolute atomic E-state index is 0. The summed E-state index contributed by atoms with van der Waals surface area (Å²) in [5.74, 6) is 0.933. The third-order valence-electron chi connectivity index (χ3n) is 3.96. The second-order valence-corrected chi connectivity index (χ2v) is 8.23. The van der Waals surface area contributed by atoms with E-state index in [9.17, 15) is 0 Å². The molecule has 0 saturated carbocycles. The van der Waals surface area contributed by atoms with Crippen LogP contribution in [0.15, 0.2) is 33.3 Å². The summed E-state index contributed by atoms with van der Waals surface area (Å²) >= 11 is 5.28. The summed E-state index contributed by atoms with van der Waals surface area (Å²) in [6.45, 7) is 3.20. The predicted octanol–water partition coefficient (Wildman–Crippen LogP) is 3.05. The Morgan fingerprint density at radius 1 is 1.52 bits per heavy atom. The number of aryl methyl sites for hydroxylation is 1. The van der Waals surface area contributed by atoms with Gasteiger partial charge in [-0.1, -0.05) is 0 Å². The minimum atomic E-state index is 0. The van der Waals surface area contributed by atoms with Gasteiger partial charge in [-0.05, 0) is 34.5 Å². The highest BCUT2D eigenvalue weighted by atomic mass is 127. The summed E-state index contributed by atoms with van der Waals surface area (Å²) in [7, 11) is 3.76. The lowest BCUT2D eigenvalue weighted by molar-refractivity contribution is -0.00800. The van der Waals surface area contributed by atoms with E-state index in [4.69, 9.17) is 4.74 Å². The fourth-order valence-electron chi connectivity index (χ4n) is 2.77. The number of aliphatic imine (C=N–C) groups is 1. The largest absolute Gasteiger partial charge is 0.370 e. The van der Waals surface area contributed by atoms with E-state index >= 15 is 0 Å². The lowest BCUT2D eigenvalue weighted by Gasteiger charge is -2.34. The SMILES string of the molecule is CN=C(NCCc1ccc(Br)s1)N1CCOC(c2cnn(C)c2)C1.I. The number of hydrogen-bond donors (Lipinski definition) is 1. The van der Waals surface area contributed by atoms with Crippen molar-refractivity contribution in [3.63, 3.8) is 0 Å². The van der Waals surface area contributed by atoms with E-state index in [1.807, 2.05) is 31.2 Å². The molecule has 1 N–H and O–H groups in total. The fraction of sp³-hybridized carbons (Fsp3) is 0.500. The van der Waals surface area contributed by atoms with Gasteiger partial charge in [-0.2, -0.15) is 5.10 Å². The van der Waals surface area contributed by atoms with E-state index in [0.717, 1.165) is 37.6 Å². The number of halogens is 2. The van der Waals surface area contributed by atoms with Gasteiger partial charge in [0.15, 0.2) is 5.96 Å². The smallest absolute Gasteiger partial charge is 0.193 e. The molecule has 1 aliphatic heterocycles. The maximum absolute atomic E-state index is 5.90. The first-order chi connectivity index (χ1) is 11.7. The second-order valence-electron chi connectivity index (χ2n) is 5.68. The molecular weight excluding hydrogens is 517 g/mol. The molecular formula is C16H23BrIN5OS. The Labute approximate surface area is 177 Å². The summed E-state index contributed by atoms with van der Waals surface area (Å²) in [6, 6.07) is 4.25. The van der Waals surface area contributed by atoms with E-state index in [1.54, 1.807) is 11.3 Å². The molecule has 25 heavy (non-hydrogen) atoms. The monoisotopic (exact) mass is 539 g/mol. The van der Waals surface area contributed by atoms with Crippen LogP contribution in [-0.2, 0) is 18.2 Å². The van der Waals surface area contributed by atoms with Gasteiger partial charge < -0.3 is 15.0 Å². The first-order valence-electron chi connectivity index (χ1n) is 7.95. The van der Waals surface area contributed by atoms with Crippen molar-refractivity contribution in [1.82, 2.24) is 20.0 Å². The van der Waals surface area contributed by atoms with Gasteiger partial charge in [-0.3, -0.25) is 9.67 Å². The molecule has 1 unspecified atom stereocenters. The average molecular weight is 540 g/mol. The molecule has 0 amide bonds. The van der Waals surface area contributed by atoms with Crippen LogP contribution in [0.25, 0.3) is 0 Å². The molecule has 1 fully saturated rings. The van der Waals surface area contributed by atoms with Gasteiger partial charge in [0.25, 0.3) is 0 Å². The first kappa shape index (κ1) is 20.7. The third-order valence-corrected chi connectivity index (χ3v) is 5.64. The lowest BCUT2D eigenvalue weighted by Crippen LogP contribution is -2.48. The highest BCUT2D eigenvalue weighted by Crippen LogP contribution is 2.23. The molecule has 0 aromatic carbocycles. The van der Waals surface area contributed by atoms with Crippen molar-refractivity contribution in [3.05, 3.63) is 38.8 Å². The Morgan fingerprint density at radius 3 is 3.00 bits per heavy atom. The number of hydrogen-bond acceptors (Lipinski definition) is 4. The summed E-state index contributed by atoms with van der Waals surface area (Å²) in [4.78, 5) is 8.05. The van der Waals surface area contributed by atoms with Crippen molar-refractivity contribution in [2.45, 2.75) is 12.5 Å². The van der Waals surface area contributed by atoms with Gasteiger partial charge in [0, 0.05) is 43.8 Å². The Morgan fingerprint density at radius 2 is 2.36 bits per heavy atom. The molecule has 1 atom stereocenters. The predicted molar refractivity (Wildman–Crippen MR) is 116 cm³/mol. The zero-order valence-corrected chi connectivity index (χ0v) is 19.0. The van der Waals surface area contributed by atoms with Crippen LogP contribution in [0, 0.1) is 0 Å². The highest BCUT2D eigenvalue weighted by Gasteiger charge is 2.25. The van der Waals surface area contributed by atoms with Crippen LogP contribution in [0.2, 0.25) is 0 Å². The number of guanidine groups is 1. The van der Waals surface area contributed by atoms with Gasteiger partial charge >= 0.3 is 0 Å². The Kier molecular flexibility index (Phi) is 8.17. The molecule has 1 saturated heterocycles. The molecule has 2 aromatic heterocycles. The van der Waals surface area contributed by atoms with Crippen molar-refractivity contribution in [2.24, 2.45) is 12.0 Å². The number of nitrogens with one attached hydrogen (secondary N) is 1. The van der Waals surface area contributed by atoms with Crippen LogP contribution in [0.1, 0.15) is 16.5 Å². The number of morpholine rings is 1. The van der Waals surface area contributed by atoms with E-state index in [2.05, 4.69) is 48.4 Å². The van der Waals surface area contributed by atoms with Crippen LogP contribution in [0.4, 0.5) is 0 Å². The van der Waals surface area contributed by atoms with Crippen molar-refractivity contribution in [1.29, 1.82) is 0 Å². The third kappa shape index (κ3) is 5.66. The molecule has 3 heterocycles. The Balaban J connectivity index is 0.00000225. The molecule has 1 aliphatic rings. The maximum atomic E-state index is 5.90. The molecule has 138 valence electrons. The molecule has 2 aromatic rings. The lowest BCUT2D eigenvalue weighted by atomic mass is 10.1. The number of ether oxygens (including phenoxy) is 1. The summed E-state index contributed by atoms with van der Waals surface area (Å²) in [5.41, 5.74) is 1.11. The van der Waals surface area contributed by atoms with Gasteiger partial charge in [0.05, 0.1) is 23.1 Å². The van der Waals surface area contributed by atoms with Crippen molar-refractivity contribution < 1.29 is 4.74 Å². The normalized spacial score (nSPS) is 18.1. The van der Waals surface area contributed by atoms with Crippen molar-refractivity contribution >= 4 is 57.2 Å². The van der Waals surface area contributed by atoms with Crippen molar-refractivity contribution in [2.75, 3.05) is 33.3 Å². The standard InChI is InChI=1S/C16H22BrN5OS.HI/c1-18-16(19-6-5-13-3-4-15(17)24-13)22-7-8-23-14(11-22)12-9-20-21(2)10-12;/h3-4,9-10,14H,5-8,11H2,1-2H3,(H,18,19);1H. The van der Waals surface area contributed by atoms with Gasteiger partial charge in [-0.15, -0.1) is 35.3 Å². The van der Waals surface area contributed by atoms with E-state index in [-0.39, 0.29) is 30.1 Å². The maximum Gasteiger partial charge on any atom is 0.193 e. The van der Waals surface area contributed by atoms with E-state index in [0.29, 0.717) is 6.61 Å². The highest BCUT2D eigenvalue weighted by molar-refractivity contribution is 14.0. The molecule has 6 nitrogen and oxygen atoms in total. The van der Waals surface area contributed by atoms with Gasteiger partial charge in [0.1, 0.15) is 6.10 Å². The van der Waals surface area contributed by atoms with Gasteiger partial charge in [0.2, 0.25) is 0 Å². The van der Waals surface area contributed by atoms with Crippen molar-refractivity contribution in [3.8, 4) is 0 Å². The molecule has 0 spiro atoms. The van der Waals surface area contributed by atoms with E-state index in [1.165, 1.54) is 8.66 Å². The summed E-state index contributed by atoms with van der Waals surface area (Å²) in [5, 5.41) is 7.70. The van der Waals surface area contributed by atoms with Crippen LogP contribution in [-0.4, -0.2) is 53.9 Å². The molecule has 0 radical (unpaired) electrons. The quantitative estimate of drug-likeness (QED) is 0.368. The number of thiophene rings is 1. The van der Waals surface area contributed by atoms with Gasteiger partial charge in [-0.25, -0.2) is 0 Å². The van der Waals surface area contributed by atoms with Crippen LogP contribution in [0.5, 0.6) is 0 Å². The second kappa shape index (κ2) is 9.89. The minimum Gasteiger partial charge on any atom is -0.370 e. The zero-order valence-electron chi connectivity index (χ0n) is 14.3. The summed E-state index contributed by atoms with van der Waals surface area (Å²) in [6.07, 6.45) is 4.92. The molecule has 9 heteroatoms. The van der Waals surface area contributed by atoms with E-state index < -0.39 is 0 Å². The number of nitrogens with zero attached hydrogens (tertiary/aromatic N) is 4. The Hall–Kier alpha value is -0.650. The van der Waals surface area contributed by atoms with Crippen LogP contribution in [0.3, 0.4) is 0 Å². The summed E-state index contributed by atoms with van der Waals surface area (Å²) < 4.78 is 8.88. The fourth-order valence-corrected chi connectivity index (χ4v) is 4.25. The number of rotatable bonds is 4. The average Bonchev–Trinajstić information content (AvgIpc) is 3.20. The Bertz CT molecular complexity index is 704. The molecule has 0 aliphatic carbocycles.